The molecule has 0 bridgehead atoms. The number of benzene rings is 1. The second kappa shape index (κ2) is 6.74. The average Bonchev–Trinajstić information content (AvgIpc) is 2.41. The molecule has 1 N–H and O–H groups in total. The van der Waals surface area contributed by atoms with Gasteiger partial charge in [0.1, 0.15) is 0 Å². The summed E-state index contributed by atoms with van der Waals surface area (Å²) >= 11 is 0. The number of nitrogens with one attached hydrogen (secondary N) is 1. The van der Waals surface area contributed by atoms with Gasteiger partial charge in [-0.3, -0.25) is 0 Å². The monoisotopic (exact) mass is 251 g/mol. The zero-order valence-corrected chi connectivity index (χ0v) is 11.0. The summed E-state index contributed by atoms with van der Waals surface area (Å²) in [6, 6.07) is 5.33. The highest BCUT2D eigenvalue weighted by Gasteiger charge is 2.13. The molecule has 100 valence electrons. The Kier molecular flexibility index (Phi) is 5.00. The minimum Gasteiger partial charge on any atom is -0.491 e. The van der Waals surface area contributed by atoms with E-state index in [1.54, 1.807) is 12.1 Å². The summed E-state index contributed by atoms with van der Waals surface area (Å²) in [6.07, 6.45) is 4.66. The lowest BCUT2D eigenvalue weighted by molar-refractivity contribution is 0.321. The van der Waals surface area contributed by atoms with Gasteiger partial charge >= 0.3 is 0 Å². The van der Waals surface area contributed by atoms with Gasteiger partial charge in [-0.05, 0) is 69.3 Å². The van der Waals surface area contributed by atoms with E-state index in [2.05, 4.69) is 5.32 Å². The molecule has 1 fully saturated rings. The maximum atomic E-state index is 13.7. The molecule has 18 heavy (non-hydrogen) atoms. The maximum Gasteiger partial charge on any atom is 0.165 e. The van der Waals surface area contributed by atoms with Crippen LogP contribution in [-0.2, 0) is 6.42 Å². The zero-order chi connectivity index (χ0) is 12.8. The van der Waals surface area contributed by atoms with Crippen molar-refractivity contribution in [3.8, 4) is 5.75 Å². The normalized spacial score (nSPS) is 19.8. The van der Waals surface area contributed by atoms with Crippen LogP contribution >= 0.6 is 0 Å². The van der Waals surface area contributed by atoms with E-state index in [1.807, 2.05) is 13.0 Å². The van der Waals surface area contributed by atoms with Crippen molar-refractivity contribution in [1.82, 2.24) is 5.32 Å². The van der Waals surface area contributed by atoms with Crippen molar-refractivity contribution in [3.05, 3.63) is 29.6 Å². The molecule has 1 aromatic rings. The van der Waals surface area contributed by atoms with Gasteiger partial charge < -0.3 is 10.1 Å². The van der Waals surface area contributed by atoms with Crippen LogP contribution in [0.15, 0.2) is 18.2 Å². The average molecular weight is 251 g/mol. The first-order valence-electron chi connectivity index (χ1n) is 6.91. The molecule has 2 nitrogen and oxygen atoms in total. The minimum absolute atomic E-state index is 0.240. The number of hydrogen-bond donors (Lipinski definition) is 1. The molecule has 0 amide bonds. The van der Waals surface area contributed by atoms with Gasteiger partial charge in [-0.25, -0.2) is 4.39 Å². The van der Waals surface area contributed by atoms with Gasteiger partial charge in [0.2, 0.25) is 0 Å². The van der Waals surface area contributed by atoms with Crippen LogP contribution in [0.5, 0.6) is 5.75 Å². The molecular weight excluding hydrogens is 229 g/mol. The van der Waals surface area contributed by atoms with Crippen LogP contribution in [0.25, 0.3) is 0 Å². The van der Waals surface area contributed by atoms with Gasteiger partial charge in [0.25, 0.3) is 0 Å². The molecule has 0 aromatic heterocycles. The Labute approximate surface area is 109 Å². The van der Waals surface area contributed by atoms with E-state index in [9.17, 15) is 4.39 Å². The van der Waals surface area contributed by atoms with Gasteiger partial charge in [0.15, 0.2) is 11.6 Å². The Balaban J connectivity index is 1.87. The summed E-state index contributed by atoms with van der Waals surface area (Å²) in [5.74, 6) is 0.866. The molecule has 0 spiro atoms. The van der Waals surface area contributed by atoms with Crippen molar-refractivity contribution in [3.63, 3.8) is 0 Å². The topological polar surface area (TPSA) is 21.3 Å². The third kappa shape index (κ3) is 3.70. The fourth-order valence-electron chi connectivity index (χ4n) is 2.51. The Morgan fingerprint density at radius 2 is 2.33 bits per heavy atom. The van der Waals surface area contributed by atoms with Crippen LogP contribution in [0.1, 0.15) is 31.7 Å². The van der Waals surface area contributed by atoms with Gasteiger partial charge in [-0.1, -0.05) is 6.07 Å². The molecule has 1 aliphatic heterocycles. The molecule has 1 atom stereocenters. The molecule has 1 heterocycles. The number of halogens is 1. The number of hydrogen-bond acceptors (Lipinski definition) is 2. The van der Waals surface area contributed by atoms with E-state index in [4.69, 9.17) is 4.74 Å². The number of rotatable bonds is 5. The van der Waals surface area contributed by atoms with Crippen molar-refractivity contribution in [2.75, 3.05) is 19.7 Å². The summed E-state index contributed by atoms with van der Waals surface area (Å²) in [4.78, 5) is 0. The Bertz CT molecular complexity index is 375. The summed E-state index contributed by atoms with van der Waals surface area (Å²) in [6.45, 7) is 4.63. The quantitative estimate of drug-likeness (QED) is 0.868. The van der Waals surface area contributed by atoms with Crippen LogP contribution in [0.2, 0.25) is 0 Å². The third-order valence-electron chi connectivity index (χ3n) is 3.54. The van der Waals surface area contributed by atoms with Crippen LogP contribution in [-0.4, -0.2) is 19.7 Å². The van der Waals surface area contributed by atoms with E-state index in [1.165, 1.54) is 12.8 Å². The van der Waals surface area contributed by atoms with E-state index in [-0.39, 0.29) is 5.82 Å². The fourth-order valence-corrected chi connectivity index (χ4v) is 2.51. The Morgan fingerprint density at radius 1 is 1.44 bits per heavy atom. The lowest BCUT2D eigenvalue weighted by Gasteiger charge is -2.22. The predicted octanol–water partition coefficient (Wildman–Crippen LogP) is 3.16. The molecule has 0 radical (unpaired) electrons. The molecule has 1 saturated heterocycles. The van der Waals surface area contributed by atoms with Crippen molar-refractivity contribution in [2.24, 2.45) is 5.92 Å². The maximum absolute atomic E-state index is 13.7. The molecule has 3 heteroatoms. The number of ether oxygens (including phenoxy) is 1. The summed E-state index contributed by atoms with van der Waals surface area (Å²) in [5, 5.41) is 3.41. The second-order valence-corrected chi connectivity index (χ2v) is 4.95. The SMILES string of the molecule is CCOc1ccc(CCC2CCCNC2)cc1F. The molecule has 1 unspecified atom stereocenters. The van der Waals surface area contributed by atoms with Gasteiger partial charge in [0, 0.05) is 0 Å². The van der Waals surface area contributed by atoms with E-state index in [0.717, 1.165) is 37.4 Å². The number of aryl methyl sites for hydroxylation is 1. The Morgan fingerprint density at radius 3 is 3.00 bits per heavy atom. The van der Waals surface area contributed by atoms with Gasteiger partial charge in [-0.2, -0.15) is 0 Å². The van der Waals surface area contributed by atoms with Crippen LogP contribution < -0.4 is 10.1 Å². The van der Waals surface area contributed by atoms with Gasteiger partial charge in [-0.15, -0.1) is 0 Å². The van der Waals surface area contributed by atoms with E-state index >= 15 is 0 Å². The highest BCUT2D eigenvalue weighted by atomic mass is 19.1. The highest BCUT2D eigenvalue weighted by molar-refractivity contribution is 5.29. The van der Waals surface area contributed by atoms with Crippen LogP contribution in [0, 0.1) is 11.7 Å². The molecule has 2 rings (SSSR count). The lowest BCUT2D eigenvalue weighted by Crippen LogP contribution is -2.29. The van der Waals surface area contributed by atoms with Crippen molar-refractivity contribution in [2.45, 2.75) is 32.6 Å². The second-order valence-electron chi connectivity index (χ2n) is 4.95. The largest absolute Gasteiger partial charge is 0.491 e. The zero-order valence-electron chi connectivity index (χ0n) is 11.0. The first-order valence-corrected chi connectivity index (χ1v) is 6.91. The first kappa shape index (κ1) is 13.3. The van der Waals surface area contributed by atoms with Crippen LogP contribution in [0.3, 0.4) is 0 Å². The lowest BCUT2D eigenvalue weighted by atomic mass is 9.93. The molecule has 0 aliphatic carbocycles. The predicted molar refractivity (Wildman–Crippen MR) is 71.5 cm³/mol. The van der Waals surface area contributed by atoms with Crippen molar-refractivity contribution in [1.29, 1.82) is 0 Å². The number of piperidine rings is 1. The molecular formula is C15H22FNO. The Hall–Kier alpha value is -1.09. The van der Waals surface area contributed by atoms with Crippen molar-refractivity contribution >= 4 is 0 Å². The minimum atomic E-state index is -0.240. The summed E-state index contributed by atoms with van der Waals surface area (Å²) in [5.41, 5.74) is 1.07. The van der Waals surface area contributed by atoms with Crippen molar-refractivity contribution < 1.29 is 9.13 Å². The fraction of sp³-hybridized carbons (Fsp3) is 0.600. The van der Waals surface area contributed by atoms with Crippen LogP contribution in [0.4, 0.5) is 4.39 Å². The molecule has 0 saturated carbocycles. The van der Waals surface area contributed by atoms with E-state index in [0.29, 0.717) is 12.4 Å². The first-order chi connectivity index (χ1) is 8.79. The smallest absolute Gasteiger partial charge is 0.165 e. The molecule has 1 aromatic carbocycles. The van der Waals surface area contributed by atoms with Gasteiger partial charge in [0.05, 0.1) is 6.61 Å². The third-order valence-corrected chi connectivity index (χ3v) is 3.54. The highest BCUT2D eigenvalue weighted by Crippen LogP contribution is 2.21. The standard InChI is InChI=1S/C15H22FNO/c1-2-18-15-8-7-12(10-14(15)16)5-6-13-4-3-9-17-11-13/h7-8,10,13,17H,2-6,9,11H2,1H3. The molecule has 1 aliphatic rings. The summed E-state index contributed by atoms with van der Waals surface area (Å²) < 4.78 is 18.9. The van der Waals surface area contributed by atoms with E-state index < -0.39 is 0 Å². The summed E-state index contributed by atoms with van der Waals surface area (Å²) in [7, 11) is 0.